The number of fused-ring (bicyclic) bond motifs is 1. The highest BCUT2D eigenvalue weighted by atomic mass is 16.5. The Hall–Kier alpha value is -2.80. The average Bonchev–Trinajstić information content (AvgIpc) is 2.39. The number of benzene rings is 2. The van der Waals surface area contributed by atoms with E-state index in [0.717, 1.165) is 18.2 Å². The number of aromatic hydroxyl groups is 5. The summed E-state index contributed by atoms with van der Waals surface area (Å²) in [7, 11) is 0. The molecule has 2 aromatic rings. The first kappa shape index (κ1) is 14.2. The summed E-state index contributed by atoms with van der Waals surface area (Å²) in [4.78, 5) is 0. The zero-order valence-corrected chi connectivity index (χ0v) is 11.3. The van der Waals surface area contributed by atoms with E-state index in [-0.39, 0.29) is 35.0 Å². The van der Waals surface area contributed by atoms with Crippen molar-refractivity contribution in [3.8, 4) is 34.5 Å². The molecule has 0 bridgehead atoms. The normalized spacial score (nSPS) is 20.2. The second-order valence-electron chi connectivity index (χ2n) is 5.15. The summed E-state index contributed by atoms with van der Waals surface area (Å²) in [5.74, 6) is -1.50. The molecule has 0 amide bonds. The summed E-state index contributed by atoms with van der Waals surface area (Å²) in [6, 6.07) is 4.42. The summed E-state index contributed by atoms with van der Waals surface area (Å²) < 4.78 is 5.52. The number of rotatable bonds is 1. The number of hydrogen-bond donors (Lipinski definition) is 6. The van der Waals surface area contributed by atoms with Gasteiger partial charge >= 0.3 is 0 Å². The minimum absolute atomic E-state index is 0.00582. The number of aliphatic hydroxyl groups is 1. The van der Waals surface area contributed by atoms with Crippen LogP contribution < -0.4 is 4.74 Å². The fourth-order valence-electron chi connectivity index (χ4n) is 2.61. The van der Waals surface area contributed by atoms with E-state index in [1.807, 2.05) is 0 Å². The van der Waals surface area contributed by atoms with Crippen molar-refractivity contribution in [2.45, 2.75) is 18.6 Å². The molecule has 0 radical (unpaired) electrons. The fourth-order valence-corrected chi connectivity index (χ4v) is 2.61. The van der Waals surface area contributed by atoms with Gasteiger partial charge in [-0.3, -0.25) is 0 Å². The summed E-state index contributed by atoms with van der Waals surface area (Å²) in [6.45, 7) is 0. The van der Waals surface area contributed by atoms with Gasteiger partial charge in [0.25, 0.3) is 0 Å². The van der Waals surface area contributed by atoms with E-state index >= 15 is 0 Å². The van der Waals surface area contributed by atoms with Gasteiger partial charge in [0.15, 0.2) is 6.10 Å². The Morgan fingerprint density at radius 2 is 1.36 bits per heavy atom. The molecule has 0 aromatic heterocycles. The quantitative estimate of drug-likeness (QED) is 0.467. The maximum Gasteiger partial charge on any atom is 0.157 e. The smallest absolute Gasteiger partial charge is 0.157 e. The van der Waals surface area contributed by atoms with Crippen molar-refractivity contribution in [3.05, 3.63) is 35.4 Å². The lowest BCUT2D eigenvalue weighted by molar-refractivity contribution is 0.0172. The molecule has 0 fully saturated rings. The summed E-state index contributed by atoms with van der Waals surface area (Å²) >= 11 is 0. The lowest BCUT2D eigenvalue weighted by atomic mass is 9.93. The van der Waals surface area contributed by atoms with Gasteiger partial charge < -0.3 is 35.4 Å². The number of hydrogen-bond acceptors (Lipinski definition) is 7. The summed E-state index contributed by atoms with van der Waals surface area (Å²) in [5.41, 5.74) is 0.234. The van der Waals surface area contributed by atoms with Crippen LogP contribution >= 0.6 is 0 Å². The first-order chi connectivity index (χ1) is 10.4. The molecule has 0 spiro atoms. The monoisotopic (exact) mass is 306 g/mol. The van der Waals surface area contributed by atoms with Crippen LogP contribution in [-0.2, 0) is 6.42 Å². The van der Waals surface area contributed by atoms with Crippen LogP contribution in [0.2, 0.25) is 0 Å². The Morgan fingerprint density at radius 3 is 2.00 bits per heavy atom. The lowest BCUT2D eigenvalue weighted by Crippen LogP contribution is -2.30. The molecule has 0 aliphatic carbocycles. The van der Waals surface area contributed by atoms with Crippen molar-refractivity contribution in [1.29, 1.82) is 0 Å². The number of phenolic OH excluding ortho intramolecular Hbond substituents is 5. The highest BCUT2D eigenvalue weighted by Crippen LogP contribution is 2.46. The minimum atomic E-state index is -1.15. The second kappa shape index (κ2) is 4.88. The van der Waals surface area contributed by atoms with Gasteiger partial charge in [-0.1, -0.05) is 0 Å². The molecule has 22 heavy (non-hydrogen) atoms. The van der Waals surface area contributed by atoms with E-state index in [1.54, 1.807) is 0 Å². The van der Waals surface area contributed by atoms with Gasteiger partial charge in [0.2, 0.25) is 0 Å². The van der Waals surface area contributed by atoms with E-state index in [1.165, 1.54) is 6.07 Å². The molecular weight excluding hydrogens is 292 g/mol. The average molecular weight is 306 g/mol. The Morgan fingerprint density at radius 1 is 0.818 bits per heavy atom. The SMILES string of the molecule is Oc1cc(O)c(C2Oc3cc(O)cc(O)c3CC2O)c(O)c1. The predicted molar refractivity (Wildman–Crippen MR) is 74.3 cm³/mol. The Kier molecular flexibility index (Phi) is 3.14. The van der Waals surface area contributed by atoms with Gasteiger partial charge in [-0.15, -0.1) is 0 Å². The molecule has 7 nitrogen and oxygen atoms in total. The van der Waals surface area contributed by atoms with Gasteiger partial charge in [-0.25, -0.2) is 0 Å². The molecule has 2 unspecified atom stereocenters. The molecule has 0 saturated carbocycles. The van der Waals surface area contributed by atoms with Crippen LogP contribution in [0.25, 0.3) is 0 Å². The van der Waals surface area contributed by atoms with Crippen LogP contribution in [0.1, 0.15) is 17.2 Å². The van der Waals surface area contributed by atoms with Crippen molar-refractivity contribution in [2.75, 3.05) is 0 Å². The highest BCUT2D eigenvalue weighted by Gasteiger charge is 2.35. The number of phenols is 5. The van der Waals surface area contributed by atoms with Crippen LogP contribution in [0, 0.1) is 0 Å². The first-order valence-electron chi connectivity index (χ1n) is 6.51. The van der Waals surface area contributed by atoms with Gasteiger partial charge in [0.05, 0.1) is 11.7 Å². The van der Waals surface area contributed by atoms with Crippen LogP contribution in [0.5, 0.6) is 34.5 Å². The van der Waals surface area contributed by atoms with E-state index < -0.39 is 23.7 Å². The molecule has 116 valence electrons. The maximum absolute atomic E-state index is 10.2. The topological polar surface area (TPSA) is 131 Å². The molecule has 3 rings (SSSR count). The van der Waals surface area contributed by atoms with Crippen LogP contribution in [0.3, 0.4) is 0 Å². The third-order valence-electron chi connectivity index (χ3n) is 3.59. The fraction of sp³-hybridized carbons (Fsp3) is 0.200. The molecule has 1 aliphatic rings. The molecule has 7 heteroatoms. The van der Waals surface area contributed by atoms with Crippen LogP contribution in [0.15, 0.2) is 24.3 Å². The largest absolute Gasteiger partial charge is 0.508 e. The summed E-state index contributed by atoms with van der Waals surface area (Å²) in [6.07, 6.45) is -2.26. The Balaban J connectivity index is 2.07. The van der Waals surface area contributed by atoms with Gasteiger partial charge in [-0.05, 0) is 0 Å². The zero-order chi connectivity index (χ0) is 16.0. The molecule has 0 saturated heterocycles. The molecule has 1 heterocycles. The number of aliphatic hydroxyl groups excluding tert-OH is 1. The lowest BCUT2D eigenvalue weighted by Gasteiger charge is -2.31. The van der Waals surface area contributed by atoms with E-state index in [0.29, 0.717) is 5.56 Å². The van der Waals surface area contributed by atoms with Crippen molar-refractivity contribution >= 4 is 0 Å². The van der Waals surface area contributed by atoms with Crippen molar-refractivity contribution in [1.82, 2.24) is 0 Å². The summed E-state index contributed by atoms with van der Waals surface area (Å²) in [5, 5.41) is 58.6. The predicted octanol–water partition coefficient (Wildman–Crippen LogP) is 1.25. The zero-order valence-electron chi connectivity index (χ0n) is 11.3. The molecule has 2 aromatic carbocycles. The molecule has 6 N–H and O–H groups in total. The molecule has 1 aliphatic heterocycles. The highest BCUT2D eigenvalue weighted by molar-refractivity contribution is 5.54. The second-order valence-corrected chi connectivity index (χ2v) is 5.15. The van der Waals surface area contributed by atoms with Crippen molar-refractivity contribution < 1.29 is 35.4 Å². The van der Waals surface area contributed by atoms with Gasteiger partial charge in [0.1, 0.15) is 34.5 Å². The van der Waals surface area contributed by atoms with Crippen LogP contribution in [0.4, 0.5) is 0 Å². The standard InChI is InChI=1S/C15H14O7/c16-6-2-10(19)14(11(20)3-6)15-12(21)5-8-9(18)1-7(17)4-13(8)22-15/h1-4,12,15-21H,5H2. The molecule has 2 atom stereocenters. The van der Waals surface area contributed by atoms with Gasteiger partial charge in [-0.2, -0.15) is 0 Å². The Bertz CT molecular complexity index is 718. The van der Waals surface area contributed by atoms with Crippen LogP contribution in [-0.4, -0.2) is 36.7 Å². The van der Waals surface area contributed by atoms with Gasteiger partial charge in [0, 0.05) is 36.2 Å². The number of ether oxygens (including phenoxy) is 1. The third-order valence-corrected chi connectivity index (χ3v) is 3.59. The van der Waals surface area contributed by atoms with E-state index in [9.17, 15) is 30.6 Å². The van der Waals surface area contributed by atoms with Crippen molar-refractivity contribution in [2.24, 2.45) is 0 Å². The first-order valence-corrected chi connectivity index (χ1v) is 6.51. The minimum Gasteiger partial charge on any atom is -0.508 e. The van der Waals surface area contributed by atoms with E-state index in [2.05, 4.69) is 0 Å². The Labute approximate surface area is 124 Å². The molecular formula is C15H14O7. The maximum atomic E-state index is 10.2. The van der Waals surface area contributed by atoms with Crippen molar-refractivity contribution in [3.63, 3.8) is 0 Å². The third kappa shape index (κ3) is 2.21. The van der Waals surface area contributed by atoms with E-state index in [4.69, 9.17) is 4.74 Å².